The van der Waals surface area contributed by atoms with Crippen molar-refractivity contribution in [3.63, 3.8) is 0 Å². The Balaban J connectivity index is 2.20. The van der Waals surface area contributed by atoms with Gasteiger partial charge in [-0.05, 0) is 49.7 Å². The number of hydrogen-bond acceptors (Lipinski definition) is 2. The Hall–Kier alpha value is -1.02. The summed E-state index contributed by atoms with van der Waals surface area (Å²) in [4.78, 5) is 0. The van der Waals surface area contributed by atoms with E-state index >= 15 is 0 Å². The molecular formula is C17H27NO. The van der Waals surface area contributed by atoms with E-state index in [0.717, 1.165) is 18.5 Å². The van der Waals surface area contributed by atoms with E-state index in [9.17, 15) is 5.11 Å². The summed E-state index contributed by atoms with van der Waals surface area (Å²) in [6, 6.07) is 8.45. The van der Waals surface area contributed by atoms with Crippen LogP contribution in [0, 0.1) is 18.3 Å². The SMILES string of the molecule is Cc1ccc(NC2(CO)CC(C)CC(C)(C)C2)cc1. The van der Waals surface area contributed by atoms with Gasteiger partial charge in [0.05, 0.1) is 12.1 Å². The Morgan fingerprint density at radius 1 is 1.21 bits per heavy atom. The van der Waals surface area contributed by atoms with Gasteiger partial charge in [-0.25, -0.2) is 0 Å². The summed E-state index contributed by atoms with van der Waals surface area (Å²) in [6.45, 7) is 9.21. The van der Waals surface area contributed by atoms with Crippen LogP contribution in [0.1, 0.15) is 45.6 Å². The zero-order valence-corrected chi connectivity index (χ0v) is 12.7. The van der Waals surface area contributed by atoms with Crippen LogP contribution in [-0.4, -0.2) is 17.3 Å². The van der Waals surface area contributed by atoms with Crippen LogP contribution in [0.25, 0.3) is 0 Å². The Labute approximate surface area is 117 Å². The lowest BCUT2D eigenvalue weighted by molar-refractivity contribution is 0.0750. The lowest BCUT2D eigenvalue weighted by atomic mass is 9.64. The van der Waals surface area contributed by atoms with Gasteiger partial charge in [0.1, 0.15) is 0 Å². The standard InChI is InChI=1S/C17H27NO/c1-13-5-7-15(8-6-13)18-17(12-19)10-14(2)9-16(3,4)11-17/h5-8,14,18-19H,9-12H2,1-4H3. The van der Waals surface area contributed by atoms with Crippen molar-refractivity contribution in [1.82, 2.24) is 0 Å². The topological polar surface area (TPSA) is 32.3 Å². The molecule has 2 heteroatoms. The summed E-state index contributed by atoms with van der Waals surface area (Å²) in [5.41, 5.74) is 2.50. The van der Waals surface area contributed by atoms with E-state index in [1.165, 1.54) is 12.0 Å². The highest BCUT2D eigenvalue weighted by Crippen LogP contribution is 2.45. The minimum atomic E-state index is -0.170. The van der Waals surface area contributed by atoms with Crippen molar-refractivity contribution < 1.29 is 5.11 Å². The molecule has 1 aromatic rings. The van der Waals surface area contributed by atoms with Gasteiger partial charge >= 0.3 is 0 Å². The van der Waals surface area contributed by atoms with E-state index in [1.807, 2.05) is 0 Å². The quantitative estimate of drug-likeness (QED) is 0.862. The molecule has 2 N–H and O–H groups in total. The molecule has 2 nitrogen and oxygen atoms in total. The number of nitrogens with one attached hydrogen (secondary N) is 1. The molecule has 0 aliphatic heterocycles. The average Bonchev–Trinajstić information content (AvgIpc) is 2.29. The maximum Gasteiger partial charge on any atom is 0.0661 e. The second-order valence-corrected chi connectivity index (χ2v) is 7.28. The minimum Gasteiger partial charge on any atom is -0.394 e. The van der Waals surface area contributed by atoms with Crippen molar-refractivity contribution in [3.8, 4) is 0 Å². The molecule has 0 radical (unpaired) electrons. The van der Waals surface area contributed by atoms with Gasteiger partial charge in [0.25, 0.3) is 0 Å². The first-order valence-corrected chi connectivity index (χ1v) is 7.30. The fourth-order valence-electron chi connectivity index (χ4n) is 3.94. The number of aliphatic hydroxyl groups excluding tert-OH is 1. The van der Waals surface area contributed by atoms with Gasteiger partial charge in [-0.3, -0.25) is 0 Å². The Morgan fingerprint density at radius 3 is 2.37 bits per heavy atom. The zero-order valence-electron chi connectivity index (χ0n) is 12.7. The number of rotatable bonds is 3. The Bertz CT molecular complexity index is 423. The van der Waals surface area contributed by atoms with Gasteiger partial charge in [0.15, 0.2) is 0 Å². The fraction of sp³-hybridized carbons (Fsp3) is 0.647. The second-order valence-electron chi connectivity index (χ2n) is 7.28. The second kappa shape index (κ2) is 5.16. The Morgan fingerprint density at radius 2 is 1.84 bits per heavy atom. The summed E-state index contributed by atoms with van der Waals surface area (Å²) in [5.74, 6) is 0.647. The largest absolute Gasteiger partial charge is 0.394 e. The predicted molar refractivity (Wildman–Crippen MR) is 81.4 cm³/mol. The van der Waals surface area contributed by atoms with Crippen molar-refractivity contribution in [2.75, 3.05) is 11.9 Å². The van der Waals surface area contributed by atoms with E-state index < -0.39 is 0 Å². The third kappa shape index (κ3) is 3.50. The molecule has 1 saturated carbocycles. The normalized spacial score (nSPS) is 30.1. The van der Waals surface area contributed by atoms with Crippen molar-refractivity contribution in [2.45, 2.75) is 52.5 Å². The average molecular weight is 261 g/mol. The molecule has 1 fully saturated rings. The molecule has 2 atom stereocenters. The third-order valence-electron chi connectivity index (χ3n) is 4.22. The Kier molecular flexibility index (Phi) is 3.91. The van der Waals surface area contributed by atoms with Crippen LogP contribution in [0.15, 0.2) is 24.3 Å². The maximum atomic E-state index is 9.94. The van der Waals surface area contributed by atoms with Crippen LogP contribution in [0.4, 0.5) is 5.69 Å². The highest BCUT2D eigenvalue weighted by atomic mass is 16.3. The van der Waals surface area contributed by atoms with Gasteiger partial charge in [-0.1, -0.05) is 38.5 Å². The summed E-state index contributed by atoms with van der Waals surface area (Å²) >= 11 is 0. The molecule has 106 valence electrons. The van der Waals surface area contributed by atoms with Crippen molar-refractivity contribution in [2.24, 2.45) is 11.3 Å². The molecule has 1 aliphatic carbocycles. The monoisotopic (exact) mass is 261 g/mol. The van der Waals surface area contributed by atoms with E-state index in [4.69, 9.17) is 0 Å². The summed E-state index contributed by atoms with van der Waals surface area (Å²) in [7, 11) is 0. The molecule has 2 unspecified atom stereocenters. The van der Waals surface area contributed by atoms with E-state index in [0.29, 0.717) is 5.92 Å². The van der Waals surface area contributed by atoms with Crippen LogP contribution in [0.2, 0.25) is 0 Å². The van der Waals surface area contributed by atoms with Gasteiger partial charge in [0, 0.05) is 5.69 Å². The van der Waals surface area contributed by atoms with Crippen LogP contribution >= 0.6 is 0 Å². The molecule has 1 aliphatic rings. The van der Waals surface area contributed by atoms with Crippen molar-refractivity contribution in [3.05, 3.63) is 29.8 Å². The molecule has 0 bridgehead atoms. The predicted octanol–water partition coefficient (Wildman–Crippen LogP) is 3.98. The van der Waals surface area contributed by atoms with Crippen molar-refractivity contribution in [1.29, 1.82) is 0 Å². The molecule has 1 aromatic carbocycles. The van der Waals surface area contributed by atoms with Gasteiger partial charge in [-0.15, -0.1) is 0 Å². The summed E-state index contributed by atoms with van der Waals surface area (Å²) < 4.78 is 0. The molecule has 0 aromatic heterocycles. The third-order valence-corrected chi connectivity index (χ3v) is 4.22. The first-order valence-electron chi connectivity index (χ1n) is 7.30. The van der Waals surface area contributed by atoms with Crippen LogP contribution in [0.3, 0.4) is 0 Å². The van der Waals surface area contributed by atoms with Gasteiger partial charge in [0.2, 0.25) is 0 Å². The zero-order chi connectivity index (χ0) is 14.1. The number of aliphatic hydroxyl groups is 1. The number of benzene rings is 1. The first kappa shape index (κ1) is 14.4. The molecular weight excluding hydrogens is 234 g/mol. The maximum absolute atomic E-state index is 9.94. The number of aryl methyl sites for hydroxylation is 1. The molecule has 0 saturated heterocycles. The van der Waals surface area contributed by atoms with Crippen molar-refractivity contribution >= 4 is 5.69 Å². The molecule has 2 rings (SSSR count). The summed E-state index contributed by atoms with van der Waals surface area (Å²) in [5, 5.41) is 13.6. The van der Waals surface area contributed by atoms with Gasteiger partial charge in [-0.2, -0.15) is 0 Å². The molecule has 0 heterocycles. The van der Waals surface area contributed by atoms with Crippen LogP contribution in [-0.2, 0) is 0 Å². The van der Waals surface area contributed by atoms with Gasteiger partial charge < -0.3 is 10.4 Å². The summed E-state index contributed by atoms with van der Waals surface area (Å²) in [6.07, 6.45) is 3.31. The fourth-order valence-corrected chi connectivity index (χ4v) is 3.94. The van der Waals surface area contributed by atoms with Crippen LogP contribution < -0.4 is 5.32 Å². The molecule has 19 heavy (non-hydrogen) atoms. The van der Waals surface area contributed by atoms with E-state index in [-0.39, 0.29) is 17.6 Å². The lowest BCUT2D eigenvalue weighted by Gasteiger charge is -2.47. The number of hydrogen-bond donors (Lipinski definition) is 2. The molecule has 0 amide bonds. The van der Waals surface area contributed by atoms with Crippen LogP contribution in [0.5, 0.6) is 0 Å². The van der Waals surface area contributed by atoms with E-state index in [1.54, 1.807) is 0 Å². The highest BCUT2D eigenvalue weighted by Gasteiger charge is 2.42. The first-order chi connectivity index (χ1) is 8.84. The number of anilines is 1. The molecule has 0 spiro atoms. The minimum absolute atomic E-state index is 0.170. The lowest BCUT2D eigenvalue weighted by Crippen LogP contribution is -2.50. The van der Waals surface area contributed by atoms with E-state index in [2.05, 4.69) is 57.3 Å². The smallest absolute Gasteiger partial charge is 0.0661 e. The highest BCUT2D eigenvalue weighted by molar-refractivity contribution is 5.47.